The van der Waals surface area contributed by atoms with Gasteiger partial charge in [0, 0.05) is 30.1 Å². The van der Waals surface area contributed by atoms with E-state index >= 15 is 0 Å². The maximum Gasteiger partial charge on any atom is 0.132 e. The number of anilines is 2. The van der Waals surface area contributed by atoms with Gasteiger partial charge in [0.1, 0.15) is 22.5 Å². The molecule has 0 fully saturated rings. The van der Waals surface area contributed by atoms with Crippen LogP contribution in [-0.4, -0.2) is 21.5 Å². The normalized spacial score (nSPS) is 10.6. The fourth-order valence-electron chi connectivity index (χ4n) is 1.85. The van der Waals surface area contributed by atoms with E-state index in [0.717, 1.165) is 48.3 Å². The molecule has 0 aliphatic heterocycles. The number of nitrogens with one attached hydrogen (secondary N) is 2. The summed E-state index contributed by atoms with van der Waals surface area (Å²) < 4.78 is 0. The molecule has 21 heavy (non-hydrogen) atoms. The minimum atomic E-state index is 0.706. The molecular formula is C15H23N5S. The van der Waals surface area contributed by atoms with Gasteiger partial charge in [-0.2, -0.15) is 0 Å². The zero-order chi connectivity index (χ0) is 15.1. The lowest BCUT2D eigenvalue weighted by atomic mass is 10.4. The van der Waals surface area contributed by atoms with E-state index in [2.05, 4.69) is 46.4 Å². The Morgan fingerprint density at radius 3 is 2.43 bits per heavy atom. The first-order valence-electron chi connectivity index (χ1n) is 7.54. The summed E-state index contributed by atoms with van der Waals surface area (Å²) in [6.45, 7) is 7.98. The van der Waals surface area contributed by atoms with Gasteiger partial charge in [0.15, 0.2) is 0 Å². The molecule has 2 N–H and O–H groups in total. The van der Waals surface area contributed by atoms with Crippen LogP contribution in [0.25, 0.3) is 0 Å². The lowest BCUT2D eigenvalue weighted by molar-refractivity contribution is 0.912. The van der Waals surface area contributed by atoms with E-state index in [1.165, 1.54) is 4.88 Å². The standard InChI is InChI=1S/C15H23N5S/c1-4-7-16-13-8-14(20-12(6-3)19-13)17-10-15-18-9-11(5-2)21-15/h8-9H,4-7,10H2,1-3H3,(H2,16,17,19,20). The van der Waals surface area contributed by atoms with E-state index in [4.69, 9.17) is 0 Å². The number of aryl methyl sites for hydroxylation is 2. The van der Waals surface area contributed by atoms with Crippen molar-refractivity contribution < 1.29 is 0 Å². The smallest absolute Gasteiger partial charge is 0.132 e. The average molecular weight is 305 g/mol. The van der Waals surface area contributed by atoms with Gasteiger partial charge in [-0.1, -0.05) is 20.8 Å². The third-order valence-electron chi connectivity index (χ3n) is 3.02. The van der Waals surface area contributed by atoms with Crippen LogP contribution in [0.4, 0.5) is 11.6 Å². The van der Waals surface area contributed by atoms with Crippen LogP contribution < -0.4 is 10.6 Å². The molecule has 2 aromatic rings. The fourth-order valence-corrected chi connectivity index (χ4v) is 2.65. The van der Waals surface area contributed by atoms with E-state index in [9.17, 15) is 0 Å². The number of thiazole rings is 1. The number of rotatable bonds is 8. The van der Waals surface area contributed by atoms with Crippen molar-refractivity contribution >= 4 is 23.0 Å². The molecule has 0 aliphatic carbocycles. The molecule has 5 nitrogen and oxygen atoms in total. The summed E-state index contributed by atoms with van der Waals surface area (Å²) in [5, 5.41) is 7.75. The van der Waals surface area contributed by atoms with Crippen LogP contribution in [0.1, 0.15) is 42.9 Å². The second kappa shape index (κ2) is 7.93. The van der Waals surface area contributed by atoms with Crippen molar-refractivity contribution in [1.82, 2.24) is 15.0 Å². The molecule has 0 bridgehead atoms. The Labute approximate surface area is 130 Å². The minimum Gasteiger partial charge on any atom is -0.370 e. The van der Waals surface area contributed by atoms with Crippen molar-refractivity contribution in [3.8, 4) is 0 Å². The molecule has 114 valence electrons. The maximum absolute atomic E-state index is 4.52. The van der Waals surface area contributed by atoms with Crippen LogP contribution in [0, 0.1) is 0 Å². The van der Waals surface area contributed by atoms with Gasteiger partial charge >= 0.3 is 0 Å². The minimum absolute atomic E-state index is 0.706. The van der Waals surface area contributed by atoms with Gasteiger partial charge in [-0.15, -0.1) is 11.3 Å². The quantitative estimate of drug-likeness (QED) is 0.781. The maximum atomic E-state index is 4.52. The highest BCUT2D eigenvalue weighted by Gasteiger charge is 2.05. The highest BCUT2D eigenvalue weighted by molar-refractivity contribution is 7.11. The number of hydrogen-bond donors (Lipinski definition) is 2. The van der Waals surface area contributed by atoms with Gasteiger partial charge in [-0.3, -0.25) is 0 Å². The summed E-state index contributed by atoms with van der Waals surface area (Å²) in [4.78, 5) is 14.7. The predicted octanol–water partition coefficient (Wildman–Crippen LogP) is 3.49. The zero-order valence-corrected chi connectivity index (χ0v) is 13.8. The molecule has 6 heteroatoms. The van der Waals surface area contributed by atoms with Crippen molar-refractivity contribution in [1.29, 1.82) is 0 Å². The lowest BCUT2D eigenvalue weighted by Crippen LogP contribution is -2.08. The van der Waals surface area contributed by atoms with Crippen LogP contribution >= 0.6 is 11.3 Å². The topological polar surface area (TPSA) is 62.7 Å². The van der Waals surface area contributed by atoms with Gasteiger partial charge in [-0.05, 0) is 12.8 Å². The molecule has 0 saturated carbocycles. The summed E-state index contributed by atoms with van der Waals surface area (Å²) >= 11 is 1.75. The molecule has 0 aliphatic rings. The highest BCUT2D eigenvalue weighted by atomic mass is 32.1. The second-order valence-electron chi connectivity index (χ2n) is 4.76. The van der Waals surface area contributed by atoms with E-state index in [0.29, 0.717) is 6.54 Å². The Bertz CT molecular complexity index is 567. The average Bonchev–Trinajstić information content (AvgIpc) is 2.98. The summed E-state index contributed by atoms with van der Waals surface area (Å²) in [5.41, 5.74) is 0. The van der Waals surface area contributed by atoms with Gasteiger partial charge in [-0.25, -0.2) is 15.0 Å². The van der Waals surface area contributed by atoms with E-state index in [-0.39, 0.29) is 0 Å². The Morgan fingerprint density at radius 2 is 1.81 bits per heavy atom. The summed E-state index contributed by atoms with van der Waals surface area (Å²) in [7, 11) is 0. The Morgan fingerprint density at radius 1 is 1.05 bits per heavy atom. The van der Waals surface area contributed by atoms with Crippen LogP contribution in [0.15, 0.2) is 12.3 Å². The molecule has 0 radical (unpaired) electrons. The van der Waals surface area contributed by atoms with Gasteiger partial charge in [0.25, 0.3) is 0 Å². The first-order valence-corrected chi connectivity index (χ1v) is 8.36. The molecular weight excluding hydrogens is 282 g/mol. The molecule has 2 rings (SSSR count). The van der Waals surface area contributed by atoms with E-state index < -0.39 is 0 Å². The van der Waals surface area contributed by atoms with Crippen molar-refractivity contribution in [2.45, 2.75) is 46.6 Å². The van der Waals surface area contributed by atoms with Crippen LogP contribution in [-0.2, 0) is 19.4 Å². The van der Waals surface area contributed by atoms with Crippen LogP contribution in [0.2, 0.25) is 0 Å². The molecule has 2 aromatic heterocycles. The largest absolute Gasteiger partial charge is 0.370 e. The van der Waals surface area contributed by atoms with Gasteiger partial charge in [0.05, 0.1) is 6.54 Å². The molecule has 0 spiro atoms. The Hall–Kier alpha value is -1.69. The predicted molar refractivity (Wildman–Crippen MR) is 89.0 cm³/mol. The van der Waals surface area contributed by atoms with Crippen LogP contribution in [0.3, 0.4) is 0 Å². The molecule has 0 amide bonds. The molecule has 2 heterocycles. The van der Waals surface area contributed by atoms with Crippen molar-refractivity contribution in [3.05, 3.63) is 28.0 Å². The van der Waals surface area contributed by atoms with E-state index in [1.54, 1.807) is 11.3 Å². The van der Waals surface area contributed by atoms with E-state index in [1.807, 2.05) is 12.3 Å². The van der Waals surface area contributed by atoms with Gasteiger partial charge < -0.3 is 10.6 Å². The third-order valence-corrected chi connectivity index (χ3v) is 4.16. The number of nitrogens with zero attached hydrogens (tertiary/aromatic N) is 3. The van der Waals surface area contributed by atoms with Crippen LogP contribution in [0.5, 0.6) is 0 Å². The summed E-state index contributed by atoms with van der Waals surface area (Å²) in [6, 6.07) is 1.96. The van der Waals surface area contributed by atoms with Crippen molar-refractivity contribution in [2.24, 2.45) is 0 Å². The first-order chi connectivity index (χ1) is 10.2. The summed E-state index contributed by atoms with van der Waals surface area (Å²) in [5.74, 6) is 2.60. The first kappa shape index (κ1) is 15.7. The SMILES string of the molecule is CCCNc1cc(NCc2ncc(CC)s2)nc(CC)n1. The Kier molecular flexibility index (Phi) is 5.92. The molecule has 0 saturated heterocycles. The third kappa shape index (κ3) is 4.67. The molecule has 0 aromatic carbocycles. The number of hydrogen-bond acceptors (Lipinski definition) is 6. The lowest BCUT2D eigenvalue weighted by Gasteiger charge is -2.09. The monoisotopic (exact) mass is 305 g/mol. The second-order valence-corrected chi connectivity index (χ2v) is 5.96. The number of aromatic nitrogens is 3. The van der Waals surface area contributed by atoms with Gasteiger partial charge in [0.2, 0.25) is 0 Å². The van der Waals surface area contributed by atoms with Crippen molar-refractivity contribution in [3.63, 3.8) is 0 Å². The summed E-state index contributed by atoms with van der Waals surface area (Å²) in [6.07, 6.45) is 4.89. The zero-order valence-electron chi connectivity index (χ0n) is 12.9. The fraction of sp³-hybridized carbons (Fsp3) is 0.533. The molecule has 0 atom stereocenters. The molecule has 0 unspecified atom stereocenters. The Balaban J connectivity index is 2.03. The highest BCUT2D eigenvalue weighted by Crippen LogP contribution is 2.16. The van der Waals surface area contributed by atoms with Crippen molar-refractivity contribution in [2.75, 3.05) is 17.2 Å².